The molecule has 4 heteroatoms. The lowest BCUT2D eigenvalue weighted by atomic mass is 10.2. The largest absolute Gasteiger partial charge is 0.478 e. The summed E-state index contributed by atoms with van der Waals surface area (Å²) in [7, 11) is 0. The molecule has 0 bridgehead atoms. The molecule has 0 aliphatic heterocycles. The summed E-state index contributed by atoms with van der Waals surface area (Å²) in [5.74, 6) is -0.924. The van der Waals surface area contributed by atoms with E-state index in [1.54, 1.807) is 18.5 Å². The third kappa shape index (κ3) is 0.852. The third-order valence-corrected chi connectivity index (χ3v) is 1.71. The second kappa shape index (κ2) is 2.34. The molecule has 0 aliphatic rings. The van der Waals surface area contributed by atoms with Gasteiger partial charge in [0.2, 0.25) is 0 Å². The number of aromatic nitrogens is 2. The van der Waals surface area contributed by atoms with Crippen molar-refractivity contribution >= 4 is 16.9 Å². The Morgan fingerprint density at radius 2 is 2.42 bits per heavy atom. The average molecular weight is 162 g/mol. The number of carbonyl (C=O) groups is 1. The van der Waals surface area contributed by atoms with Gasteiger partial charge < -0.3 is 10.1 Å². The highest BCUT2D eigenvalue weighted by molar-refractivity contribution is 6.02. The van der Waals surface area contributed by atoms with Crippen LogP contribution in [0.5, 0.6) is 0 Å². The van der Waals surface area contributed by atoms with Crippen LogP contribution < -0.4 is 0 Å². The lowest BCUT2D eigenvalue weighted by Crippen LogP contribution is -1.93. The zero-order valence-corrected chi connectivity index (χ0v) is 6.11. The Morgan fingerprint density at radius 3 is 3.17 bits per heavy atom. The maximum absolute atomic E-state index is 10.6. The fraction of sp³-hybridized carbons (Fsp3) is 0. The van der Waals surface area contributed by atoms with Gasteiger partial charge in [-0.2, -0.15) is 0 Å². The molecule has 2 rings (SSSR count). The summed E-state index contributed by atoms with van der Waals surface area (Å²) in [6, 6.07) is 1.68. The zero-order chi connectivity index (χ0) is 8.55. The van der Waals surface area contributed by atoms with Crippen LogP contribution in [0.15, 0.2) is 24.7 Å². The molecule has 2 aromatic rings. The number of hydrogen-bond donors (Lipinski definition) is 2. The number of fused-ring (bicyclic) bond motifs is 1. The number of aromatic amines is 1. The van der Waals surface area contributed by atoms with Crippen molar-refractivity contribution in [3.63, 3.8) is 0 Å². The smallest absolute Gasteiger partial charge is 0.337 e. The average Bonchev–Trinajstić information content (AvgIpc) is 2.47. The Morgan fingerprint density at radius 1 is 1.58 bits per heavy atom. The Balaban J connectivity index is 2.79. The van der Waals surface area contributed by atoms with Gasteiger partial charge in [-0.15, -0.1) is 0 Å². The van der Waals surface area contributed by atoms with E-state index in [-0.39, 0.29) is 5.56 Å². The number of rotatable bonds is 1. The van der Waals surface area contributed by atoms with Crippen LogP contribution in [0, 0.1) is 0 Å². The molecule has 0 unspecified atom stereocenters. The van der Waals surface area contributed by atoms with E-state index in [2.05, 4.69) is 9.97 Å². The molecule has 0 aromatic carbocycles. The summed E-state index contributed by atoms with van der Waals surface area (Å²) in [6.45, 7) is 0. The van der Waals surface area contributed by atoms with Gasteiger partial charge >= 0.3 is 5.97 Å². The number of carboxylic acids is 1. The van der Waals surface area contributed by atoms with Gasteiger partial charge in [0.15, 0.2) is 0 Å². The molecule has 0 amide bonds. The molecule has 0 aliphatic carbocycles. The molecule has 0 saturated carbocycles. The summed E-state index contributed by atoms with van der Waals surface area (Å²) in [4.78, 5) is 17.3. The molecular weight excluding hydrogens is 156 g/mol. The number of nitrogens with one attached hydrogen (secondary N) is 1. The van der Waals surface area contributed by atoms with Crippen molar-refractivity contribution in [2.24, 2.45) is 0 Å². The van der Waals surface area contributed by atoms with E-state index in [0.29, 0.717) is 5.39 Å². The number of H-pyrrole nitrogens is 1. The molecule has 2 N–H and O–H groups in total. The fourth-order valence-electron chi connectivity index (χ4n) is 1.15. The molecule has 2 aromatic heterocycles. The van der Waals surface area contributed by atoms with Gasteiger partial charge in [-0.25, -0.2) is 4.79 Å². The second-order valence-electron chi connectivity index (χ2n) is 2.43. The van der Waals surface area contributed by atoms with Gasteiger partial charge in [-0.05, 0) is 6.07 Å². The first kappa shape index (κ1) is 6.84. The number of aromatic carboxylic acids is 1. The number of pyridine rings is 1. The molecule has 12 heavy (non-hydrogen) atoms. The van der Waals surface area contributed by atoms with Gasteiger partial charge in [0.1, 0.15) is 0 Å². The van der Waals surface area contributed by atoms with Crippen molar-refractivity contribution in [1.29, 1.82) is 0 Å². The van der Waals surface area contributed by atoms with E-state index < -0.39 is 5.97 Å². The standard InChI is InChI=1S/C8H6N2O2/c11-8(12)6-3-10-7-4-9-2-1-5(6)7/h1-4,10H,(H,11,12). The molecule has 0 atom stereocenters. The summed E-state index contributed by atoms with van der Waals surface area (Å²) >= 11 is 0. The fourth-order valence-corrected chi connectivity index (χ4v) is 1.15. The molecule has 0 fully saturated rings. The molecule has 2 heterocycles. The first-order valence-corrected chi connectivity index (χ1v) is 3.43. The van der Waals surface area contributed by atoms with Crippen LogP contribution in [0.25, 0.3) is 10.9 Å². The maximum Gasteiger partial charge on any atom is 0.337 e. The molecule has 4 nitrogen and oxygen atoms in total. The van der Waals surface area contributed by atoms with Crippen LogP contribution in [0.2, 0.25) is 0 Å². The minimum absolute atomic E-state index is 0.285. The van der Waals surface area contributed by atoms with Crippen LogP contribution in [0.4, 0.5) is 0 Å². The summed E-state index contributed by atoms with van der Waals surface area (Å²) in [6.07, 6.45) is 4.64. The molecular formula is C8H6N2O2. The van der Waals surface area contributed by atoms with Crippen LogP contribution in [-0.4, -0.2) is 21.0 Å². The van der Waals surface area contributed by atoms with Crippen LogP contribution in [0.1, 0.15) is 10.4 Å². The van der Waals surface area contributed by atoms with Crippen LogP contribution in [-0.2, 0) is 0 Å². The van der Waals surface area contributed by atoms with Crippen molar-refractivity contribution in [2.75, 3.05) is 0 Å². The van der Waals surface area contributed by atoms with Gasteiger partial charge in [-0.3, -0.25) is 4.98 Å². The predicted molar refractivity (Wildman–Crippen MR) is 43.1 cm³/mol. The summed E-state index contributed by atoms with van der Waals surface area (Å²) in [5, 5.41) is 9.42. The minimum Gasteiger partial charge on any atom is -0.478 e. The minimum atomic E-state index is -0.924. The van der Waals surface area contributed by atoms with E-state index in [4.69, 9.17) is 5.11 Å². The van der Waals surface area contributed by atoms with Crippen molar-refractivity contribution < 1.29 is 9.90 Å². The number of carboxylic acid groups (broad SMARTS) is 1. The lowest BCUT2D eigenvalue weighted by molar-refractivity contribution is 0.0699. The lowest BCUT2D eigenvalue weighted by Gasteiger charge is -1.88. The SMILES string of the molecule is O=C(O)c1c[nH]c2cnccc12. The van der Waals surface area contributed by atoms with E-state index >= 15 is 0 Å². The first-order valence-electron chi connectivity index (χ1n) is 3.43. The topological polar surface area (TPSA) is 66.0 Å². The Kier molecular flexibility index (Phi) is 1.33. The first-order chi connectivity index (χ1) is 5.79. The van der Waals surface area contributed by atoms with Crippen LogP contribution in [0.3, 0.4) is 0 Å². The van der Waals surface area contributed by atoms with E-state index in [1.165, 1.54) is 6.20 Å². The zero-order valence-electron chi connectivity index (χ0n) is 6.11. The summed E-state index contributed by atoms with van der Waals surface area (Å²) < 4.78 is 0. The Labute approximate surface area is 67.9 Å². The third-order valence-electron chi connectivity index (χ3n) is 1.71. The highest BCUT2D eigenvalue weighted by Gasteiger charge is 2.08. The van der Waals surface area contributed by atoms with Gasteiger partial charge in [0.25, 0.3) is 0 Å². The monoisotopic (exact) mass is 162 g/mol. The molecule has 0 radical (unpaired) electrons. The van der Waals surface area contributed by atoms with Crippen molar-refractivity contribution in [2.45, 2.75) is 0 Å². The highest BCUT2D eigenvalue weighted by Crippen LogP contribution is 2.15. The summed E-state index contributed by atoms with van der Waals surface area (Å²) in [5.41, 5.74) is 1.03. The quantitative estimate of drug-likeness (QED) is 0.663. The van der Waals surface area contributed by atoms with Crippen LogP contribution >= 0.6 is 0 Å². The van der Waals surface area contributed by atoms with Crippen molar-refractivity contribution in [3.05, 3.63) is 30.2 Å². The molecule has 0 saturated heterocycles. The van der Waals surface area contributed by atoms with Crippen molar-refractivity contribution in [3.8, 4) is 0 Å². The van der Waals surface area contributed by atoms with Gasteiger partial charge in [0.05, 0.1) is 17.3 Å². The molecule has 60 valence electrons. The molecule has 0 spiro atoms. The Hall–Kier alpha value is -1.84. The number of nitrogens with zero attached hydrogens (tertiary/aromatic N) is 1. The van der Waals surface area contributed by atoms with E-state index in [0.717, 1.165) is 5.52 Å². The maximum atomic E-state index is 10.6. The predicted octanol–water partition coefficient (Wildman–Crippen LogP) is 1.26. The normalized spacial score (nSPS) is 10.3. The Bertz CT molecular complexity index is 433. The van der Waals surface area contributed by atoms with Gasteiger partial charge in [-0.1, -0.05) is 0 Å². The van der Waals surface area contributed by atoms with E-state index in [9.17, 15) is 4.79 Å². The van der Waals surface area contributed by atoms with Gasteiger partial charge in [0, 0.05) is 17.8 Å². The van der Waals surface area contributed by atoms with E-state index in [1.807, 2.05) is 0 Å². The second-order valence-corrected chi connectivity index (χ2v) is 2.43. The number of hydrogen-bond acceptors (Lipinski definition) is 2. The van der Waals surface area contributed by atoms with Crippen molar-refractivity contribution in [1.82, 2.24) is 9.97 Å². The highest BCUT2D eigenvalue weighted by atomic mass is 16.4.